The van der Waals surface area contributed by atoms with Crippen molar-refractivity contribution in [2.75, 3.05) is 7.11 Å². The number of amides is 1. The molecule has 0 aliphatic heterocycles. The third kappa shape index (κ3) is 4.71. The van der Waals surface area contributed by atoms with Gasteiger partial charge in [0, 0.05) is 30.7 Å². The first-order valence-corrected chi connectivity index (χ1v) is 9.28. The zero-order chi connectivity index (χ0) is 19.9. The molecule has 0 saturated heterocycles. The molecule has 0 bridgehead atoms. The van der Waals surface area contributed by atoms with Crippen LogP contribution in [0, 0.1) is 6.92 Å². The lowest BCUT2D eigenvalue weighted by molar-refractivity contribution is -0.128. The second-order valence-electron chi connectivity index (χ2n) is 6.42. The number of nitrogens with zero attached hydrogens (tertiary/aromatic N) is 2. The van der Waals surface area contributed by atoms with Gasteiger partial charge in [-0.05, 0) is 43.2 Å². The van der Waals surface area contributed by atoms with Gasteiger partial charge in [0.1, 0.15) is 17.3 Å². The summed E-state index contributed by atoms with van der Waals surface area (Å²) in [7, 11) is 1.60. The van der Waals surface area contributed by atoms with Crippen molar-refractivity contribution >= 4 is 5.91 Å². The number of carbonyl (C=O) groups excluding carboxylic acids is 1. The van der Waals surface area contributed by atoms with Crippen LogP contribution in [0.2, 0.25) is 0 Å². The van der Waals surface area contributed by atoms with Crippen molar-refractivity contribution in [3.05, 3.63) is 72.3 Å². The van der Waals surface area contributed by atoms with Crippen LogP contribution in [0.5, 0.6) is 11.5 Å². The summed E-state index contributed by atoms with van der Waals surface area (Å²) in [4.78, 5) is 16.8. The number of carbonyl (C=O) groups is 1. The van der Waals surface area contributed by atoms with Crippen LogP contribution in [0.1, 0.15) is 24.7 Å². The first kappa shape index (κ1) is 19.5. The fourth-order valence-electron chi connectivity index (χ4n) is 2.89. The van der Waals surface area contributed by atoms with Gasteiger partial charge in [0.05, 0.1) is 7.11 Å². The number of methoxy groups -OCH3 is 1. The molecule has 6 nitrogen and oxygen atoms in total. The maximum Gasteiger partial charge on any atom is 0.261 e. The lowest BCUT2D eigenvalue weighted by atomic mass is 10.2. The summed E-state index contributed by atoms with van der Waals surface area (Å²) in [6.07, 6.45) is 3.71. The third-order valence-corrected chi connectivity index (χ3v) is 4.49. The molecule has 28 heavy (non-hydrogen) atoms. The van der Waals surface area contributed by atoms with Crippen LogP contribution in [0.3, 0.4) is 0 Å². The number of hydrogen-bond acceptors (Lipinski definition) is 4. The van der Waals surface area contributed by atoms with E-state index >= 15 is 0 Å². The molecule has 1 N–H and O–H groups in total. The van der Waals surface area contributed by atoms with Crippen LogP contribution in [0.4, 0.5) is 0 Å². The van der Waals surface area contributed by atoms with Crippen LogP contribution >= 0.6 is 0 Å². The summed E-state index contributed by atoms with van der Waals surface area (Å²) >= 11 is 0. The highest BCUT2D eigenvalue weighted by molar-refractivity contribution is 5.81. The Bertz CT molecular complexity index is 919. The minimum Gasteiger partial charge on any atom is -0.497 e. The minimum atomic E-state index is -0.556. The van der Waals surface area contributed by atoms with E-state index in [-0.39, 0.29) is 5.91 Å². The standard InChI is InChI=1S/C22H25N3O3/c1-4-21(28-20-7-5-6-19(14-20)27-3)22(26)24-15-17-8-10-18(11-9-17)25-13-12-23-16(25)2/h5-14,21H,4,15H2,1-3H3,(H,24,26). The maximum absolute atomic E-state index is 12.5. The lowest BCUT2D eigenvalue weighted by Crippen LogP contribution is -2.37. The van der Waals surface area contributed by atoms with Crippen molar-refractivity contribution in [1.29, 1.82) is 0 Å². The molecule has 146 valence electrons. The monoisotopic (exact) mass is 379 g/mol. The zero-order valence-electron chi connectivity index (χ0n) is 16.4. The van der Waals surface area contributed by atoms with E-state index in [0.717, 1.165) is 17.1 Å². The van der Waals surface area contributed by atoms with Crippen molar-refractivity contribution in [3.63, 3.8) is 0 Å². The van der Waals surface area contributed by atoms with Gasteiger partial charge in [-0.15, -0.1) is 0 Å². The number of benzene rings is 2. The zero-order valence-corrected chi connectivity index (χ0v) is 16.4. The molecule has 0 spiro atoms. The van der Waals surface area contributed by atoms with Gasteiger partial charge in [-0.3, -0.25) is 4.79 Å². The van der Waals surface area contributed by atoms with Gasteiger partial charge in [0.25, 0.3) is 5.91 Å². The van der Waals surface area contributed by atoms with Crippen LogP contribution in [0.15, 0.2) is 60.9 Å². The number of rotatable bonds is 8. The average molecular weight is 379 g/mol. The number of hydrogen-bond donors (Lipinski definition) is 1. The van der Waals surface area contributed by atoms with E-state index in [1.807, 2.05) is 67.1 Å². The summed E-state index contributed by atoms with van der Waals surface area (Å²) in [5.74, 6) is 2.10. The Morgan fingerprint density at radius 3 is 2.57 bits per heavy atom. The van der Waals surface area contributed by atoms with E-state index in [4.69, 9.17) is 9.47 Å². The quantitative estimate of drug-likeness (QED) is 0.649. The highest BCUT2D eigenvalue weighted by Gasteiger charge is 2.18. The fourth-order valence-corrected chi connectivity index (χ4v) is 2.89. The Kier molecular flexibility index (Phi) is 6.32. The van der Waals surface area contributed by atoms with Crippen molar-refractivity contribution in [3.8, 4) is 17.2 Å². The Hall–Kier alpha value is -3.28. The van der Waals surface area contributed by atoms with Crippen LogP contribution in [-0.2, 0) is 11.3 Å². The molecular formula is C22H25N3O3. The molecular weight excluding hydrogens is 354 g/mol. The van der Waals surface area contributed by atoms with Crippen molar-refractivity contribution in [2.24, 2.45) is 0 Å². The van der Waals surface area contributed by atoms with E-state index in [9.17, 15) is 4.79 Å². The molecule has 1 amide bonds. The molecule has 0 radical (unpaired) electrons. The maximum atomic E-state index is 12.5. The topological polar surface area (TPSA) is 65.4 Å². The summed E-state index contributed by atoms with van der Waals surface area (Å²) in [5, 5.41) is 2.95. The Balaban J connectivity index is 1.58. The Morgan fingerprint density at radius 2 is 1.93 bits per heavy atom. The average Bonchev–Trinajstić information content (AvgIpc) is 3.16. The summed E-state index contributed by atoms with van der Waals surface area (Å²) in [5.41, 5.74) is 2.06. The first-order valence-electron chi connectivity index (χ1n) is 9.28. The molecule has 0 fully saturated rings. The van der Waals surface area contributed by atoms with E-state index in [1.165, 1.54) is 0 Å². The van der Waals surface area contributed by atoms with Gasteiger partial charge in [-0.2, -0.15) is 0 Å². The normalized spacial score (nSPS) is 11.7. The Morgan fingerprint density at radius 1 is 1.18 bits per heavy atom. The predicted molar refractivity (Wildman–Crippen MR) is 108 cm³/mol. The van der Waals surface area contributed by atoms with Gasteiger partial charge in [0.2, 0.25) is 0 Å². The second-order valence-corrected chi connectivity index (χ2v) is 6.42. The van der Waals surface area contributed by atoms with Gasteiger partial charge in [0.15, 0.2) is 6.10 Å². The molecule has 0 saturated carbocycles. The van der Waals surface area contributed by atoms with Crippen molar-refractivity contribution in [2.45, 2.75) is 32.9 Å². The van der Waals surface area contributed by atoms with Crippen LogP contribution in [0.25, 0.3) is 5.69 Å². The molecule has 1 aromatic heterocycles. The highest BCUT2D eigenvalue weighted by Crippen LogP contribution is 2.20. The smallest absolute Gasteiger partial charge is 0.261 e. The molecule has 0 aliphatic carbocycles. The van der Waals surface area contributed by atoms with E-state index < -0.39 is 6.10 Å². The molecule has 1 atom stereocenters. The van der Waals surface area contributed by atoms with E-state index in [0.29, 0.717) is 24.5 Å². The SMILES string of the molecule is CCC(Oc1cccc(OC)c1)C(=O)NCc1ccc(-n2ccnc2C)cc1. The Labute approximate surface area is 165 Å². The number of imidazole rings is 1. The molecule has 3 aromatic rings. The molecule has 6 heteroatoms. The lowest BCUT2D eigenvalue weighted by Gasteiger charge is -2.18. The third-order valence-electron chi connectivity index (χ3n) is 4.49. The van der Waals surface area contributed by atoms with Crippen LogP contribution < -0.4 is 14.8 Å². The first-order chi connectivity index (χ1) is 13.6. The van der Waals surface area contributed by atoms with E-state index in [2.05, 4.69) is 10.3 Å². The second kappa shape index (κ2) is 9.08. The van der Waals surface area contributed by atoms with Gasteiger partial charge >= 0.3 is 0 Å². The molecule has 1 heterocycles. The number of ether oxygens (including phenoxy) is 2. The highest BCUT2D eigenvalue weighted by atomic mass is 16.5. The fraction of sp³-hybridized carbons (Fsp3) is 0.273. The summed E-state index contributed by atoms with van der Waals surface area (Å²) in [6.45, 7) is 4.33. The number of aromatic nitrogens is 2. The van der Waals surface area contributed by atoms with Gasteiger partial charge in [-0.25, -0.2) is 4.98 Å². The molecule has 0 aliphatic rings. The largest absolute Gasteiger partial charge is 0.497 e. The number of nitrogens with one attached hydrogen (secondary N) is 1. The molecule has 1 unspecified atom stereocenters. The minimum absolute atomic E-state index is 0.139. The van der Waals surface area contributed by atoms with E-state index in [1.54, 1.807) is 19.4 Å². The van der Waals surface area contributed by atoms with Crippen molar-refractivity contribution in [1.82, 2.24) is 14.9 Å². The van der Waals surface area contributed by atoms with Crippen molar-refractivity contribution < 1.29 is 14.3 Å². The molecule has 3 rings (SSSR count). The summed E-state index contributed by atoms with van der Waals surface area (Å²) < 4.78 is 13.0. The van der Waals surface area contributed by atoms with Gasteiger partial charge in [-0.1, -0.05) is 25.1 Å². The number of aryl methyl sites for hydroxylation is 1. The predicted octanol–water partition coefficient (Wildman–Crippen LogP) is 3.66. The summed E-state index contributed by atoms with van der Waals surface area (Å²) in [6, 6.07) is 15.3. The van der Waals surface area contributed by atoms with Crippen LogP contribution in [-0.4, -0.2) is 28.7 Å². The van der Waals surface area contributed by atoms with Gasteiger partial charge < -0.3 is 19.4 Å². The molecule has 2 aromatic carbocycles.